The summed E-state index contributed by atoms with van der Waals surface area (Å²) in [7, 11) is 0. The maximum atomic E-state index is 10.6. The van der Waals surface area contributed by atoms with Gasteiger partial charge in [0.2, 0.25) is 5.76 Å². The topological polar surface area (TPSA) is 62.5 Å². The molecule has 0 radical (unpaired) electrons. The molecule has 1 aliphatic carbocycles. The van der Waals surface area contributed by atoms with Crippen LogP contribution in [0, 0.1) is 5.41 Å². The van der Waals surface area contributed by atoms with Gasteiger partial charge in [-0.1, -0.05) is 6.92 Å². The Morgan fingerprint density at radius 2 is 2.31 bits per heavy atom. The van der Waals surface area contributed by atoms with Crippen LogP contribution in [-0.2, 0) is 6.54 Å². The average molecular weight is 223 g/mol. The molecule has 2 N–H and O–H groups in total. The van der Waals surface area contributed by atoms with Crippen LogP contribution >= 0.6 is 0 Å². The van der Waals surface area contributed by atoms with Crippen LogP contribution in [0.25, 0.3) is 0 Å². The molecule has 4 heteroatoms. The molecule has 1 saturated carbocycles. The first-order valence-electron chi connectivity index (χ1n) is 5.68. The number of nitrogens with one attached hydrogen (secondary N) is 1. The van der Waals surface area contributed by atoms with E-state index in [4.69, 9.17) is 9.52 Å². The van der Waals surface area contributed by atoms with E-state index in [-0.39, 0.29) is 5.76 Å². The van der Waals surface area contributed by atoms with Crippen molar-refractivity contribution in [1.29, 1.82) is 0 Å². The Labute approximate surface area is 94.6 Å². The first kappa shape index (κ1) is 11.2. The van der Waals surface area contributed by atoms with Gasteiger partial charge in [0.1, 0.15) is 5.76 Å². The highest BCUT2D eigenvalue weighted by atomic mass is 16.4. The van der Waals surface area contributed by atoms with Gasteiger partial charge < -0.3 is 14.8 Å². The molecule has 1 fully saturated rings. The fraction of sp³-hybridized carbons (Fsp3) is 0.583. The lowest BCUT2D eigenvalue weighted by Gasteiger charge is -2.12. The molecule has 0 aliphatic heterocycles. The van der Waals surface area contributed by atoms with Crippen molar-refractivity contribution in [3.8, 4) is 0 Å². The molecule has 1 heterocycles. The molecule has 1 aliphatic rings. The minimum absolute atomic E-state index is 0.00780. The summed E-state index contributed by atoms with van der Waals surface area (Å²) >= 11 is 0. The molecular weight excluding hydrogens is 206 g/mol. The maximum absolute atomic E-state index is 10.6. The predicted molar refractivity (Wildman–Crippen MR) is 59.3 cm³/mol. The third-order valence-electron chi connectivity index (χ3n) is 3.38. The van der Waals surface area contributed by atoms with Crippen LogP contribution in [-0.4, -0.2) is 17.6 Å². The monoisotopic (exact) mass is 223 g/mol. The Morgan fingerprint density at radius 1 is 1.56 bits per heavy atom. The van der Waals surface area contributed by atoms with E-state index in [1.54, 1.807) is 6.07 Å². The van der Waals surface area contributed by atoms with Crippen molar-refractivity contribution < 1.29 is 14.3 Å². The Morgan fingerprint density at radius 3 is 2.81 bits per heavy atom. The van der Waals surface area contributed by atoms with E-state index in [0.29, 0.717) is 17.7 Å². The smallest absolute Gasteiger partial charge is 0.371 e. The summed E-state index contributed by atoms with van der Waals surface area (Å²) in [5.74, 6) is -0.323. The molecule has 0 amide bonds. The Kier molecular flexibility index (Phi) is 3.01. The van der Waals surface area contributed by atoms with Crippen LogP contribution in [0.1, 0.15) is 42.5 Å². The molecule has 4 nitrogen and oxygen atoms in total. The van der Waals surface area contributed by atoms with Gasteiger partial charge in [0, 0.05) is 6.54 Å². The van der Waals surface area contributed by atoms with E-state index in [1.165, 1.54) is 25.3 Å². The number of carboxylic acid groups (broad SMARTS) is 1. The number of hydrogen-bond acceptors (Lipinski definition) is 3. The Balaban J connectivity index is 1.79. The van der Waals surface area contributed by atoms with Crippen molar-refractivity contribution in [3.05, 3.63) is 23.7 Å². The first-order chi connectivity index (χ1) is 7.65. The van der Waals surface area contributed by atoms with Gasteiger partial charge in [-0.25, -0.2) is 4.79 Å². The SMILES string of the molecule is CCC1(CNCc2ccc(C(=O)O)o2)CC1. The van der Waals surface area contributed by atoms with Crippen molar-refractivity contribution in [3.63, 3.8) is 0 Å². The van der Waals surface area contributed by atoms with E-state index >= 15 is 0 Å². The standard InChI is InChI=1S/C12H17NO3/c1-2-12(5-6-12)8-13-7-9-3-4-10(16-9)11(14)15/h3-4,13H,2,5-8H2,1H3,(H,14,15). The molecule has 16 heavy (non-hydrogen) atoms. The normalized spacial score (nSPS) is 17.3. The lowest BCUT2D eigenvalue weighted by Crippen LogP contribution is -2.22. The van der Waals surface area contributed by atoms with Gasteiger partial charge in [-0.05, 0) is 36.8 Å². The van der Waals surface area contributed by atoms with Crippen LogP contribution in [0.2, 0.25) is 0 Å². The highest BCUT2D eigenvalue weighted by Gasteiger charge is 2.39. The fourth-order valence-electron chi connectivity index (χ4n) is 1.87. The van der Waals surface area contributed by atoms with E-state index in [1.807, 2.05) is 0 Å². The zero-order valence-electron chi connectivity index (χ0n) is 9.45. The van der Waals surface area contributed by atoms with Gasteiger partial charge in [-0.3, -0.25) is 0 Å². The highest BCUT2D eigenvalue weighted by molar-refractivity contribution is 5.84. The predicted octanol–water partition coefficient (Wildman–Crippen LogP) is 2.26. The Hall–Kier alpha value is -1.29. The third kappa shape index (κ3) is 2.44. The quantitative estimate of drug-likeness (QED) is 0.776. The van der Waals surface area contributed by atoms with E-state index in [2.05, 4.69) is 12.2 Å². The number of furan rings is 1. The molecule has 0 spiro atoms. The highest BCUT2D eigenvalue weighted by Crippen LogP contribution is 2.47. The number of carboxylic acids is 1. The molecule has 1 aromatic heterocycles. The first-order valence-corrected chi connectivity index (χ1v) is 5.68. The summed E-state index contributed by atoms with van der Waals surface area (Å²) in [6, 6.07) is 3.20. The van der Waals surface area contributed by atoms with Crippen molar-refractivity contribution in [2.24, 2.45) is 5.41 Å². The molecule has 2 rings (SSSR count). The lowest BCUT2D eigenvalue weighted by atomic mass is 10.0. The molecule has 0 aromatic carbocycles. The van der Waals surface area contributed by atoms with E-state index in [9.17, 15) is 4.79 Å². The molecule has 88 valence electrons. The Bertz CT molecular complexity index is 379. The van der Waals surface area contributed by atoms with E-state index < -0.39 is 5.97 Å². The summed E-state index contributed by atoms with van der Waals surface area (Å²) in [6.45, 7) is 3.81. The molecule has 1 aromatic rings. The molecule has 0 saturated heterocycles. The lowest BCUT2D eigenvalue weighted by molar-refractivity contribution is 0.0660. The summed E-state index contributed by atoms with van der Waals surface area (Å²) in [6.07, 6.45) is 3.81. The molecule has 0 bridgehead atoms. The molecular formula is C12H17NO3. The number of rotatable bonds is 6. The maximum Gasteiger partial charge on any atom is 0.371 e. The van der Waals surface area contributed by atoms with Gasteiger partial charge in [0.15, 0.2) is 0 Å². The average Bonchev–Trinajstić information content (AvgIpc) is 2.88. The van der Waals surface area contributed by atoms with Crippen LogP contribution in [0.3, 0.4) is 0 Å². The van der Waals surface area contributed by atoms with Crippen LogP contribution < -0.4 is 5.32 Å². The zero-order valence-corrected chi connectivity index (χ0v) is 9.45. The van der Waals surface area contributed by atoms with Gasteiger partial charge in [-0.2, -0.15) is 0 Å². The summed E-state index contributed by atoms with van der Waals surface area (Å²) in [4.78, 5) is 10.6. The van der Waals surface area contributed by atoms with Gasteiger partial charge in [0.25, 0.3) is 0 Å². The van der Waals surface area contributed by atoms with Crippen LogP contribution in [0.15, 0.2) is 16.5 Å². The minimum Gasteiger partial charge on any atom is -0.475 e. The molecule has 0 atom stereocenters. The third-order valence-corrected chi connectivity index (χ3v) is 3.38. The largest absolute Gasteiger partial charge is 0.475 e. The second-order valence-corrected chi connectivity index (χ2v) is 4.53. The number of aromatic carboxylic acids is 1. The van der Waals surface area contributed by atoms with Crippen molar-refractivity contribution in [2.75, 3.05) is 6.54 Å². The zero-order chi connectivity index (χ0) is 11.6. The second kappa shape index (κ2) is 4.29. The van der Waals surface area contributed by atoms with Gasteiger partial charge >= 0.3 is 5.97 Å². The van der Waals surface area contributed by atoms with Crippen LogP contribution in [0.5, 0.6) is 0 Å². The second-order valence-electron chi connectivity index (χ2n) is 4.53. The van der Waals surface area contributed by atoms with Gasteiger partial charge in [0.05, 0.1) is 6.54 Å². The summed E-state index contributed by atoms with van der Waals surface area (Å²) in [5.41, 5.74) is 0.502. The van der Waals surface area contributed by atoms with E-state index in [0.717, 1.165) is 6.54 Å². The van der Waals surface area contributed by atoms with Crippen LogP contribution in [0.4, 0.5) is 0 Å². The molecule has 0 unspecified atom stereocenters. The fourth-order valence-corrected chi connectivity index (χ4v) is 1.87. The summed E-state index contributed by atoms with van der Waals surface area (Å²) in [5, 5.41) is 12.0. The van der Waals surface area contributed by atoms with Crippen molar-refractivity contribution >= 4 is 5.97 Å². The van der Waals surface area contributed by atoms with Gasteiger partial charge in [-0.15, -0.1) is 0 Å². The minimum atomic E-state index is -1.02. The number of carbonyl (C=O) groups is 1. The number of hydrogen-bond donors (Lipinski definition) is 2. The van der Waals surface area contributed by atoms with Crippen molar-refractivity contribution in [1.82, 2.24) is 5.32 Å². The summed E-state index contributed by atoms with van der Waals surface area (Å²) < 4.78 is 5.15. The van der Waals surface area contributed by atoms with Crippen molar-refractivity contribution in [2.45, 2.75) is 32.7 Å².